The van der Waals surface area contributed by atoms with Gasteiger partial charge in [-0.15, -0.1) is 0 Å². The van der Waals surface area contributed by atoms with Crippen LogP contribution in [0.3, 0.4) is 0 Å². The number of hydrogen-bond acceptors (Lipinski definition) is 6. The molecular weight excluding hydrogens is 362 g/mol. The monoisotopic (exact) mass is 385 g/mol. The van der Waals surface area contributed by atoms with E-state index in [2.05, 4.69) is 20.5 Å². The number of rotatable bonds is 5. The Balaban J connectivity index is 1.24. The number of carbonyl (C=O) groups excluding carboxylic acids is 2. The molecule has 1 saturated carbocycles. The Morgan fingerprint density at radius 3 is 2.93 bits per heavy atom. The summed E-state index contributed by atoms with van der Waals surface area (Å²) >= 11 is 0. The highest BCUT2D eigenvalue weighted by Crippen LogP contribution is 2.38. The van der Waals surface area contributed by atoms with Gasteiger partial charge in [0.15, 0.2) is 0 Å². The molecule has 1 aliphatic heterocycles. The number of nitrogens with zero attached hydrogens (tertiary/aromatic N) is 3. The molecule has 0 unspecified atom stereocenters. The number of carbonyl (C=O) groups is 2. The fraction of sp³-hybridized carbons (Fsp3) is 0.474. The fourth-order valence-corrected chi connectivity index (χ4v) is 3.38. The second-order valence-corrected chi connectivity index (χ2v) is 7.12. The van der Waals surface area contributed by atoms with Crippen LogP contribution in [-0.4, -0.2) is 53.0 Å². The van der Waals surface area contributed by atoms with Gasteiger partial charge in [0.1, 0.15) is 23.8 Å². The molecule has 1 saturated heterocycles. The Labute approximate surface area is 162 Å². The van der Waals surface area contributed by atoms with E-state index in [-0.39, 0.29) is 24.0 Å². The van der Waals surface area contributed by atoms with E-state index in [9.17, 15) is 9.59 Å². The molecule has 0 bridgehead atoms. The third-order valence-electron chi connectivity index (χ3n) is 5.13. The summed E-state index contributed by atoms with van der Waals surface area (Å²) in [4.78, 5) is 29.8. The standard InChI is InChI=1S/C19H23N5O4/c1-24(17-6-2-3-7-20-17)19(26)28-13-9-12(10-13)14-11-16(23-22-14)21-18(25)15-5-4-8-27-15/h2-3,6-7,11-13,15H,4-5,8-10H2,1H3,(H2,21,22,23,25)/t12?,13?,15-/m1/s1. The van der Waals surface area contributed by atoms with E-state index in [0.717, 1.165) is 18.5 Å². The van der Waals surface area contributed by atoms with Gasteiger partial charge in [0, 0.05) is 31.8 Å². The molecule has 0 spiro atoms. The van der Waals surface area contributed by atoms with Gasteiger partial charge in [-0.2, -0.15) is 5.10 Å². The van der Waals surface area contributed by atoms with Crippen molar-refractivity contribution in [2.45, 2.75) is 43.8 Å². The van der Waals surface area contributed by atoms with Gasteiger partial charge in [-0.1, -0.05) is 6.07 Å². The molecule has 1 aliphatic carbocycles. The van der Waals surface area contributed by atoms with Crippen LogP contribution in [0.4, 0.5) is 16.4 Å². The van der Waals surface area contributed by atoms with E-state index < -0.39 is 6.09 Å². The number of pyridine rings is 1. The maximum absolute atomic E-state index is 12.2. The zero-order valence-corrected chi connectivity index (χ0v) is 15.6. The van der Waals surface area contributed by atoms with E-state index in [1.807, 2.05) is 12.1 Å². The highest BCUT2D eigenvalue weighted by atomic mass is 16.6. The first-order chi connectivity index (χ1) is 13.6. The molecule has 2 aromatic heterocycles. The summed E-state index contributed by atoms with van der Waals surface area (Å²) < 4.78 is 10.9. The minimum atomic E-state index is -0.423. The minimum absolute atomic E-state index is 0.148. The van der Waals surface area contributed by atoms with Crippen LogP contribution >= 0.6 is 0 Å². The molecule has 148 valence electrons. The lowest BCUT2D eigenvalue weighted by atomic mass is 9.80. The first kappa shape index (κ1) is 18.4. The van der Waals surface area contributed by atoms with Crippen LogP contribution in [0.15, 0.2) is 30.5 Å². The van der Waals surface area contributed by atoms with Gasteiger partial charge < -0.3 is 14.8 Å². The number of nitrogens with one attached hydrogen (secondary N) is 2. The van der Waals surface area contributed by atoms with E-state index in [0.29, 0.717) is 31.1 Å². The molecule has 0 radical (unpaired) electrons. The molecule has 9 heteroatoms. The van der Waals surface area contributed by atoms with Gasteiger partial charge in [-0.25, -0.2) is 9.78 Å². The van der Waals surface area contributed by atoms with Gasteiger partial charge >= 0.3 is 6.09 Å². The molecule has 2 aromatic rings. The fourth-order valence-electron chi connectivity index (χ4n) is 3.38. The zero-order valence-electron chi connectivity index (χ0n) is 15.6. The molecule has 2 aliphatic rings. The van der Waals surface area contributed by atoms with Crippen molar-refractivity contribution in [2.75, 3.05) is 23.9 Å². The average Bonchev–Trinajstić information content (AvgIpc) is 3.36. The molecule has 28 heavy (non-hydrogen) atoms. The van der Waals surface area contributed by atoms with Crippen LogP contribution in [0.2, 0.25) is 0 Å². The number of ether oxygens (including phenoxy) is 2. The maximum Gasteiger partial charge on any atom is 0.415 e. The molecule has 0 aromatic carbocycles. The third kappa shape index (κ3) is 3.99. The molecular formula is C19H23N5O4. The summed E-state index contributed by atoms with van der Waals surface area (Å²) in [6.45, 7) is 0.629. The Morgan fingerprint density at radius 1 is 1.36 bits per heavy atom. The molecule has 2 N–H and O–H groups in total. The van der Waals surface area contributed by atoms with Crippen LogP contribution in [0.1, 0.15) is 37.3 Å². The average molecular weight is 385 g/mol. The normalized spacial score (nSPS) is 23.7. The summed E-state index contributed by atoms with van der Waals surface area (Å²) in [6, 6.07) is 7.19. The number of aromatic amines is 1. The van der Waals surface area contributed by atoms with Gasteiger partial charge in [-0.3, -0.25) is 14.8 Å². The summed E-state index contributed by atoms with van der Waals surface area (Å²) in [5.41, 5.74) is 0.855. The SMILES string of the molecule is CN(C(=O)OC1CC(c2cc(NC(=O)[C@H]3CCCO3)[nH]n2)C1)c1ccccn1. The Hall–Kier alpha value is -2.94. The number of aromatic nitrogens is 3. The van der Waals surface area contributed by atoms with E-state index >= 15 is 0 Å². The molecule has 4 rings (SSSR count). The first-order valence-corrected chi connectivity index (χ1v) is 9.43. The third-order valence-corrected chi connectivity index (χ3v) is 5.13. The van der Waals surface area contributed by atoms with Crippen molar-refractivity contribution >= 4 is 23.6 Å². The predicted octanol–water partition coefficient (Wildman–Crippen LogP) is 2.44. The quantitative estimate of drug-likeness (QED) is 0.818. The Bertz CT molecular complexity index is 828. The van der Waals surface area contributed by atoms with Crippen LogP contribution in [0.25, 0.3) is 0 Å². The van der Waals surface area contributed by atoms with E-state index in [4.69, 9.17) is 9.47 Å². The van der Waals surface area contributed by atoms with Crippen LogP contribution < -0.4 is 10.2 Å². The summed E-state index contributed by atoms with van der Waals surface area (Å²) in [5, 5.41) is 9.92. The predicted molar refractivity (Wildman–Crippen MR) is 101 cm³/mol. The molecule has 9 nitrogen and oxygen atoms in total. The molecule has 2 amide bonds. The minimum Gasteiger partial charge on any atom is -0.446 e. The van der Waals surface area contributed by atoms with Gasteiger partial charge in [0.25, 0.3) is 5.91 Å². The lowest BCUT2D eigenvalue weighted by Gasteiger charge is -2.34. The van der Waals surface area contributed by atoms with Crippen LogP contribution in [-0.2, 0) is 14.3 Å². The number of anilines is 2. The second kappa shape index (κ2) is 7.97. The van der Waals surface area contributed by atoms with Gasteiger partial charge in [0.2, 0.25) is 0 Å². The second-order valence-electron chi connectivity index (χ2n) is 7.12. The highest BCUT2D eigenvalue weighted by molar-refractivity contribution is 5.93. The van der Waals surface area contributed by atoms with Gasteiger partial charge in [-0.05, 0) is 37.8 Å². The lowest BCUT2D eigenvalue weighted by Crippen LogP contribution is -2.37. The largest absolute Gasteiger partial charge is 0.446 e. The Morgan fingerprint density at radius 2 is 2.21 bits per heavy atom. The van der Waals surface area contributed by atoms with Crippen molar-refractivity contribution in [1.82, 2.24) is 15.2 Å². The molecule has 2 fully saturated rings. The maximum atomic E-state index is 12.2. The van der Waals surface area contributed by atoms with Crippen molar-refractivity contribution in [3.05, 3.63) is 36.2 Å². The molecule has 3 heterocycles. The van der Waals surface area contributed by atoms with Crippen molar-refractivity contribution < 1.29 is 19.1 Å². The molecule has 1 atom stereocenters. The summed E-state index contributed by atoms with van der Waals surface area (Å²) in [5.74, 6) is 1.15. The topological polar surface area (TPSA) is 109 Å². The van der Waals surface area contributed by atoms with E-state index in [1.165, 1.54) is 4.90 Å². The van der Waals surface area contributed by atoms with Crippen LogP contribution in [0.5, 0.6) is 0 Å². The van der Waals surface area contributed by atoms with E-state index in [1.54, 1.807) is 25.4 Å². The number of H-pyrrole nitrogens is 1. The highest BCUT2D eigenvalue weighted by Gasteiger charge is 2.36. The first-order valence-electron chi connectivity index (χ1n) is 9.43. The van der Waals surface area contributed by atoms with Crippen molar-refractivity contribution in [3.8, 4) is 0 Å². The smallest absolute Gasteiger partial charge is 0.415 e. The zero-order chi connectivity index (χ0) is 19.5. The summed E-state index contributed by atoms with van der Waals surface area (Å²) in [7, 11) is 1.64. The van der Waals surface area contributed by atoms with Crippen molar-refractivity contribution in [1.29, 1.82) is 0 Å². The lowest BCUT2D eigenvalue weighted by molar-refractivity contribution is -0.124. The number of amides is 2. The van der Waals surface area contributed by atoms with Crippen LogP contribution in [0, 0.1) is 0 Å². The Kier molecular flexibility index (Phi) is 5.25. The summed E-state index contributed by atoms with van der Waals surface area (Å²) in [6.07, 6.45) is 3.73. The van der Waals surface area contributed by atoms with Crippen molar-refractivity contribution in [2.24, 2.45) is 0 Å². The number of hydrogen-bond donors (Lipinski definition) is 2. The van der Waals surface area contributed by atoms with Crippen molar-refractivity contribution in [3.63, 3.8) is 0 Å². The van der Waals surface area contributed by atoms with Gasteiger partial charge in [0.05, 0.1) is 5.69 Å².